The molecule has 1 aliphatic heterocycles. The highest BCUT2D eigenvalue weighted by Gasteiger charge is 2.40. The third kappa shape index (κ3) is 4.45. The van der Waals surface area contributed by atoms with Crippen LogP contribution in [0.2, 0.25) is 0 Å². The Hall–Kier alpha value is -1.60. The smallest absolute Gasteiger partial charge is 0.239 e. The first kappa shape index (κ1) is 17.7. The Morgan fingerprint density at radius 1 is 1.39 bits per heavy atom. The number of rotatable bonds is 6. The van der Waals surface area contributed by atoms with E-state index in [2.05, 4.69) is 5.32 Å². The van der Waals surface area contributed by atoms with Crippen LogP contribution in [-0.4, -0.2) is 60.6 Å². The van der Waals surface area contributed by atoms with E-state index in [1.54, 1.807) is 25.1 Å². The number of nitrogens with zero attached hydrogens (tertiary/aromatic N) is 2. The molecule has 0 aliphatic carbocycles. The van der Waals surface area contributed by atoms with Crippen molar-refractivity contribution in [3.05, 3.63) is 35.6 Å². The summed E-state index contributed by atoms with van der Waals surface area (Å²) in [5.74, 6) is -0.716. The van der Waals surface area contributed by atoms with Crippen molar-refractivity contribution in [2.75, 3.05) is 33.7 Å². The fourth-order valence-electron chi connectivity index (χ4n) is 2.38. The first-order chi connectivity index (χ1) is 10.9. The monoisotopic (exact) mass is 339 g/mol. The molecule has 0 aromatic heterocycles. The lowest BCUT2D eigenvalue weighted by atomic mass is 10.2. The molecule has 23 heavy (non-hydrogen) atoms. The quantitative estimate of drug-likeness (QED) is 0.853. The number of carbonyl (C=O) groups is 2. The van der Waals surface area contributed by atoms with Gasteiger partial charge in [-0.15, -0.1) is 11.8 Å². The van der Waals surface area contributed by atoms with Gasteiger partial charge in [-0.2, -0.15) is 0 Å². The lowest BCUT2D eigenvalue weighted by Gasteiger charge is -2.24. The van der Waals surface area contributed by atoms with Gasteiger partial charge < -0.3 is 15.1 Å². The molecule has 0 spiro atoms. The number of hydrogen-bond acceptors (Lipinski definition) is 4. The summed E-state index contributed by atoms with van der Waals surface area (Å²) in [6, 6.07) is 6.39. The second-order valence-corrected chi connectivity index (χ2v) is 7.20. The van der Waals surface area contributed by atoms with E-state index in [0.717, 1.165) is 6.54 Å². The van der Waals surface area contributed by atoms with Crippen LogP contribution in [0.3, 0.4) is 0 Å². The minimum atomic E-state index is -0.460. The standard InChI is InChI=1S/C16H22FN3O2S/c1-11-15(22)20(10-14(21)18-8-9-19(2)3)16(23-11)12-6-4-5-7-13(12)17/h4-7,11,16H,8-10H2,1-3H3,(H,18,21)/t11-,16-/m1/s1. The van der Waals surface area contributed by atoms with E-state index in [1.165, 1.54) is 22.7 Å². The van der Waals surface area contributed by atoms with Crippen molar-refractivity contribution < 1.29 is 14.0 Å². The molecule has 1 saturated heterocycles. The number of halogens is 1. The minimum absolute atomic E-state index is 0.0530. The van der Waals surface area contributed by atoms with Gasteiger partial charge in [-0.3, -0.25) is 9.59 Å². The van der Waals surface area contributed by atoms with E-state index >= 15 is 0 Å². The molecule has 1 aromatic rings. The summed E-state index contributed by atoms with van der Waals surface area (Å²) in [4.78, 5) is 27.8. The largest absolute Gasteiger partial charge is 0.353 e. The second-order valence-electron chi connectivity index (χ2n) is 5.77. The van der Waals surface area contributed by atoms with Gasteiger partial charge in [0.25, 0.3) is 0 Å². The highest BCUT2D eigenvalue weighted by molar-refractivity contribution is 8.01. The van der Waals surface area contributed by atoms with Crippen molar-refractivity contribution >= 4 is 23.6 Å². The van der Waals surface area contributed by atoms with E-state index in [1.807, 2.05) is 19.0 Å². The Bertz CT molecular complexity index is 582. The molecule has 1 aromatic carbocycles. The fraction of sp³-hybridized carbons (Fsp3) is 0.500. The zero-order valence-corrected chi connectivity index (χ0v) is 14.4. The number of likely N-dealkylation sites (N-methyl/N-ethyl adjacent to an activating group) is 1. The van der Waals surface area contributed by atoms with Gasteiger partial charge in [-0.25, -0.2) is 4.39 Å². The van der Waals surface area contributed by atoms with Crippen molar-refractivity contribution in [2.45, 2.75) is 17.5 Å². The van der Waals surface area contributed by atoms with Crippen molar-refractivity contribution in [3.8, 4) is 0 Å². The van der Waals surface area contributed by atoms with Crippen LogP contribution in [0, 0.1) is 5.82 Å². The highest BCUT2D eigenvalue weighted by Crippen LogP contribution is 2.43. The van der Waals surface area contributed by atoms with Crippen LogP contribution in [0.1, 0.15) is 17.9 Å². The maximum atomic E-state index is 14.0. The van der Waals surface area contributed by atoms with E-state index < -0.39 is 5.37 Å². The molecule has 5 nitrogen and oxygen atoms in total. The topological polar surface area (TPSA) is 52.7 Å². The van der Waals surface area contributed by atoms with Gasteiger partial charge >= 0.3 is 0 Å². The van der Waals surface area contributed by atoms with Gasteiger partial charge in [0.05, 0.1) is 5.25 Å². The predicted octanol–water partition coefficient (Wildman–Crippen LogP) is 1.47. The summed E-state index contributed by atoms with van der Waals surface area (Å²) in [5.41, 5.74) is 0.441. The average molecular weight is 339 g/mol. The summed E-state index contributed by atoms with van der Waals surface area (Å²) in [7, 11) is 3.84. The molecule has 0 radical (unpaired) electrons. The minimum Gasteiger partial charge on any atom is -0.353 e. The van der Waals surface area contributed by atoms with Crippen LogP contribution in [0.5, 0.6) is 0 Å². The molecule has 126 valence electrons. The molecule has 0 bridgehead atoms. The third-order valence-electron chi connectivity index (χ3n) is 3.61. The molecule has 0 unspecified atom stereocenters. The van der Waals surface area contributed by atoms with Crippen LogP contribution in [0.25, 0.3) is 0 Å². The molecule has 2 atom stereocenters. The normalized spacial score (nSPS) is 21.1. The first-order valence-electron chi connectivity index (χ1n) is 7.52. The Morgan fingerprint density at radius 2 is 2.09 bits per heavy atom. The van der Waals surface area contributed by atoms with Crippen LogP contribution < -0.4 is 5.32 Å². The molecule has 1 fully saturated rings. The Kier molecular flexibility index (Phi) is 6.01. The van der Waals surface area contributed by atoms with Gasteiger partial charge in [-0.1, -0.05) is 18.2 Å². The van der Waals surface area contributed by atoms with Crippen molar-refractivity contribution in [1.82, 2.24) is 15.1 Å². The molecule has 0 saturated carbocycles. The molecular weight excluding hydrogens is 317 g/mol. The summed E-state index contributed by atoms with van der Waals surface area (Å²) in [6.45, 7) is 2.97. The van der Waals surface area contributed by atoms with Gasteiger partial charge in [0.15, 0.2) is 0 Å². The van der Waals surface area contributed by atoms with Gasteiger partial charge in [0.1, 0.15) is 17.7 Å². The second kappa shape index (κ2) is 7.79. The molecule has 2 amide bonds. The average Bonchev–Trinajstić information content (AvgIpc) is 2.75. The number of nitrogens with one attached hydrogen (secondary N) is 1. The number of hydrogen-bond donors (Lipinski definition) is 1. The molecular formula is C16H22FN3O2S. The van der Waals surface area contributed by atoms with E-state index in [9.17, 15) is 14.0 Å². The number of thioether (sulfide) groups is 1. The van der Waals surface area contributed by atoms with Crippen molar-refractivity contribution in [1.29, 1.82) is 0 Å². The first-order valence-corrected chi connectivity index (χ1v) is 8.46. The molecule has 1 N–H and O–H groups in total. The van der Waals surface area contributed by atoms with E-state index in [0.29, 0.717) is 12.1 Å². The van der Waals surface area contributed by atoms with Crippen LogP contribution in [0.4, 0.5) is 4.39 Å². The zero-order valence-electron chi connectivity index (χ0n) is 13.6. The number of amides is 2. The zero-order chi connectivity index (χ0) is 17.0. The van der Waals surface area contributed by atoms with Crippen molar-refractivity contribution in [2.24, 2.45) is 0 Å². The summed E-state index contributed by atoms with van der Waals surface area (Å²) < 4.78 is 14.0. The molecule has 2 rings (SSSR count). The maximum absolute atomic E-state index is 14.0. The highest BCUT2D eigenvalue weighted by atomic mass is 32.2. The number of carbonyl (C=O) groups excluding carboxylic acids is 2. The van der Waals surface area contributed by atoms with Crippen LogP contribution in [0.15, 0.2) is 24.3 Å². The Labute approximate surface area is 140 Å². The third-order valence-corrected chi connectivity index (χ3v) is 4.99. The lowest BCUT2D eigenvalue weighted by Crippen LogP contribution is -2.42. The van der Waals surface area contributed by atoms with Crippen LogP contribution in [-0.2, 0) is 9.59 Å². The lowest BCUT2D eigenvalue weighted by molar-refractivity contribution is -0.135. The molecule has 1 aliphatic rings. The van der Waals surface area contributed by atoms with E-state index in [4.69, 9.17) is 0 Å². The summed E-state index contributed by atoms with van der Waals surface area (Å²) >= 11 is 1.37. The Morgan fingerprint density at radius 3 is 2.74 bits per heavy atom. The van der Waals surface area contributed by atoms with Gasteiger partial charge in [0.2, 0.25) is 11.8 Å². The fourth-order valence-corrected chi connectivity index (χ4v) is 3.68. The molecule has 1 heterocycles. The van der Waals surface area contributed by atoms with Gasteiger partial charge in [-0.05, 0) is 27.1 Å². The SMILES string of the molecule is C[C@H]1S[C@H](c2ccccc2F)N(CC(=O)NCCN(C)C)C1=O. The summed E-state index contributed by atoms with van der Waals surface area (Å²) in [5, 5.41) is 2.04. The Balaban J connectivity index is 2.06. The van der Waals surface area contributed by atoms with Crippen molar-refractivity contribution in [3.63, 3.8) is 0 Å². The summed E-state index contributed by atoms with van der Waals surface area (Å²) in [6.07, 6.45) is 0. The van der Waals surface area contributed by atoms with Gasteiger partial charge in [0, 0.05) is 18.7 Å². The predicted molar refractivity (Wildman–Crippen MR) is 89.5 cm³/mol. The maximum Gasteiger partial charge on any atom is 0.239 e. The molecule has 7 heteroatoms. The van der Waals surface area contributed by atoms with Crippen LogP contribution >= 0.6 is 11.8 Å². The number of benzene rings is 1. The van der Waals surface area contributed by atoms with E-state index in [-0.39, 0.29) is 29.4 Å².